The van der Waals surface area contributed by atoms with Crippen molar-refractivity contribution in [2.24, 2.45) is 0 Å². The maximum absolute atomic E-state index is 13.8. The first-order valence-electron chi connectivity index (χ1n) is 17.4. The molecule has 15 nitrogen and oxygen atoms in total. The second-order valence-corrected chi connectivity index (χ2v) is 16.8. The van der Waals surface area contributed by atoms with Gasteiger partial charge in [0.15, 0.2) is 0 Å². The third-order valence-corrected chi connectivity index (χ3v) is 12.8. The van der Waals surface area contributed by atoms with Crippen LogP contribution in [-0.4, -0.2) is 86.4 Å². The van der Waals surface area contributed by atoms with Gasteiger partial charge in [-0.25, -0.2) is 9.82 Å². The summed E-state index contributed by atoms with van der Waals surface area (Å²) in [4.78, 5) is 75.1. The van der Waals surface area contributed by atoms with Crippen molar-refractivity contribution in [2.45, 2.75) is 6.54 Å². The third-order valence-electron chi connectivity index (χ3n) is 8.82. The highest BCUT2D eigenvalue weighted by molar-refractivity contribution is 8.30. The van der Waals surface area contributed by atoms with Gasteiger partial charge in [0.25, 0.3) is 17.0 Å². The summed E-state index contributed by atoms with van der Waals surface area (Å²) in [6, 6.07) is 24.3. The van der Waals surface area contributed by atoms with Crippen LogP contribution < -0.4 is 35.0 Å². The minimum absolute atomic E-state index is 0.0585. The highest BCUT2D eigenvalue weighted by atomic mass is 32.2. The Morgan fingerprint density at radius 1 is 0.763 bits per heavy atom. The number of carboxylic acids is 2. The monoisotopic (exact) mass is 872 g/mol. The molecule has 5 aromatic rings. The van der Waals surface area contributed by atoms with Crippen LogP contribution in [0.2, 0.25) is 0 Å². The molecule has 0 atom stereocenters. The molecular formula is C40H36N6O9S4. The van der Waals surface area contributed by atoms with Crippen molar-refractivity contribution in [3.63, 3.8) is 0 Å². The summed E-state index contributed by atoms with van der Waals surface area (Å²) in [7, 11) is 7.95. The molecule has 6 rings (SSSR count). The summed E-state index contributed by atoms with van der Waals surface area (Å²) in [5, 5.41) is 28.4. The molecular weight excluding hydrogens is 837 g/mol. The van der Waals surface area contributed by atoms with Gasteiger partial charge in [0.05, 0.1) is 4.53 Å². The van der Waals surface area contributed by atoms with Gasteiger partial charge in [-0.05, 0) is 78.9 Å². The average molecular weight is 873 g/mol. The van der Waals surface area contributed by atoms with E-state index in [1.54, 1.807) is 12.2 Å². The molecule has 304 valence electrons. The lowest BCUT2D eigenvalue weighted by Crippen LogP contribution is -2.35. The van der Waals surface area contributed by atoms with Crippen LogP contribution in [0.1, 0.15) is 5.56 Å². The van der Waals surface area contributed by atoms with Crippen LogP contribution in [0, 0.1) is 9.20 Å². The van der Waals surface area contributed by atoms with Gasteiger partial charge < -0.3 is 29.8 Å². The summed E-state index contributed by atoms with van der Waals surface area (Å²) in [6.07, 6.45) is 4.93. The fourth-order valence-corrected chi connectivity index (χ4v) is 9.66. The molecule has 0 radical (unpaired) electrons. The standard InChI is InChI=1S/C40H36N6O9S4/c1-23(55-54)45-35(51)30(57-39(45)34-36(52)43(21-31(47)48)38(58-34)33-37(53)44(22-32(49)50)40(56)59-33)8-6-7-24-9-11-27(12-10-24)46(28-17-13-25(14-18-28)41(2)3)29-19-15-26(16-20-29)42(4)5/h6-20,54H,1,21-22H2,2-5H3,(H,47,48)(H,49,50)/b7-6?,30-8?,38-33?,39-34-. The molecule has 0 bridgehead atoms. The number of aromatic nitrogens is 2. The van der Waals surface area contributed by atoms with Crippen LogP contribution in [0.15, 0.2) is 95.0 Å². The summed E-state index contributed by atoms with van der Waals surface area (Å²) in [5.41, 5.74) is 4.21. The molecule has 0 aliphatic carbocycles. The second kappa shape index (κ2) is 17.7. The zero-order valence-electron chi connectivity index (χ0n) is 31.9. The highest BCUT2D eigenvalue weighted by Crippen LogP contribution is 2.36. The molecule has 1 aliphatic rings. The van der Waals surface area contributed by atoms with E-state index in [1.165, 1.54) is 6.08 Å². The number of anilines is 5. The number of thioether (sulfide) groups is 1. The maximum atomic E-state index is 13.8. The fraction of sp³-hybridized carbons (Fsp3) is 0.150. The normalized spacial score (nSPS) is 14.6. The molecule has 1 fully saturated rings. The van der Waals surface area contributed by atoms with Crippen molar-refractivity contribution < 1.29 is 34.7 Å². The van der Waals surface area contributed by atoms with Crippen LogP contribution >= 0.6 is 46.7 Å². The Morgan fingerprint density at radius 3 is 1.76 bits per heavy atom. The number of thiocarbonyl (C=S) groups is 1. The van der Waals surface area contributed by atoms with Gasteiger partial charge in [-0.2, -0.15) is 0 Å². The molecule has 2 aromatic heterocycles. The molecule has 1 saturated heterocycles. The van der Waals surface area contributed by atoms with Crippen molar-refractivity contribution in [1.29, 1.82) is 0 Å². The lowest BCUT2D eigenvalue weighted by Gasteiger charge is -2.27. The van der Waals surface area contributed by atoms with E-state index in [9.17, 15) is 39.4 Å². The maximum Gasteiger partial charge on any atom is 0.323 e. The second-order valence-electron chi connectivity index (χ2n) is 13.2. The SMILES string of the molecule is C=C(OO)n1c(=O)c(=CC=Cc2ccc(N(c3ccc(N(C)C)cc3)c3ccc(N(C)C)cc3)cc2)s/c1=c1\sc(=C2SC(=S)N(CC(=O)O)C2=O)n(CC(=O)O)c1=O. The highest BCUT2D eigenvalue weighted by Gasteiger charge is 2.35. The Kier molecular flexibility index (Phi) is 12.7. The van der Waals surface area contributed by atoms with E-state index in [-0.39, 0.29) is 27.6 Å². The summed E-state index contributed by atoms with van der Waals surface area (Å²) >= 11 is 7.46. The zero-order valence-corrected chi connectivity index (χ0v) is 35.2. The van der Waals surface area contributed by atoms with Gasteiger partial charge in [0.1, 0.15) is 36.2 Å². The Hall–Kier alpha value is -6.25. The van der Waals surface area contributed by atoms with Crippen LogP contribution in [0.4, 0.5) is 28.4 Å². The van der Waals surface area contributed by atoms with Crippen molar-refractivity contribution in [3.05, 3.63) is 130 Å². The average Bonchev–Trinajstić information content (AvgIpc) is 3.80. The molecule has 19 heteroatoms. The Labute approximate surface area is 353 Å². The van der Waals surface area contributed by atoms with Crippen molar-refractivity contribution >= 4 is 120 Å². The summed E-state index contributed by atoms with van der Waals surface area (Å²) in [5.74, 6) is -4.08. The molecule has 0 spiro atoms. The first-order valence-corrected chi connectivity index (χ1v) is 20.3. The van der Waals surface area contributed by atoms with E-state index in [2.05, 4.69) is 64.9 Å². The number of carbonyl (C=O) groups excluding carboxylic acids is 1. The first kappa shape index (κ1) is 42.4. The molecule has 0 unspecified atom stereocenters. The molecule has 3 heterocycles. The number of allylic oxidation sites excluding steroid dienone is 1. The molecule has 1 aliphatic heterocycles. The molecule has 59 heavy (non-hydrogen) atoms. The molecule has 0 saturated carbocycles. The van der Waals surface area contributed by atoms with Crippen LogP contribution in [0.3, 0.4) is 0 Å². The Balaban J connectivity index is 1.42. The number of benzene rings is 3. The van der Waals surface area contributed by atoms with Gasteiger partial charge in [-0.1, -0.05) is 48.3 Å². The number of carboxylic acid groups (broad SMARTS) is 2. The molecule has 1 amide bonds. The third kappa shape index (κ3) is 8.93. The lowest BCUT2D eigenvalue weighted by molar-refractivity contribution is -0.176. The zero-order chi connectivity index (χ0) is 42.7. The smallest absolute Gasteiger partial charge is 0.323 e. The quantitative estimate of drug-likeness (QED) is 0.0649. The fourth-order valence-electron chi connectivity index (χ4n) is 5.94. The molecule has 3 N–H and O–H groups in total. The first-order chi connectivity index (χ1) is 28.1. The van der Waals surface area contributed by atoms with E-state index >= 15 is 0 Å². The van der Waals surface area contributed by atoms with Crippen LogP contribution in [0.25, 0.3) is 22.9 Å². The van der Waals surface area contributed by atoms with E-state index in [0.29, 0.717) is 11.3 Å². The predicted molar refractivity (Wildman–Crippen MR) is 237 cm³/mol. The Morgan fingerprint density at radius 2 is 1.27 bits per heavy atom. The van der Waals surface area contributed by atoms with Crippen molar-refractivity contribution in [3.8, 4) is 0 Å². The Bertz CT molecular complexity index is 2810. The minimum atomic E-state index is -1.40. The van der Waals surface area contributed by atoms with Gasteiger partial charge in [0, 0.05) is 56.6 Å². The van der Waals surface area contributed by atoms with Crippen molar-refractivity contribution in [2.75, 3.05) is 49.4 Å². The van der Waals surface area contributed by atoms with Gasteiger partial charge in [0.2, 0.25) is 5.88 Å². The van der Waals surface area contributed by atoms with Crippen molar-refractivity contribution in [1.82, 2.24) is 14.0 Å². The van der Waals surface area contributed by atoms with E-state index in [0.717, 1.165) is 71.1 Å². The van der Waals surface area contributed by atoms with E-state index < -0.39 is 47.9 Å². The van der Waals surface area contributed by atoms with Gasteiger partial charge >= 0.3 is 11.9 Å². The predicted octanol–water partition coefficient (Wildman–Crippen LogP) is 4.57. The number of rotatable bonds is 13. The lowest BCUT2D eigenvalue weighted by atomic mass is 10.1. The van der Waals surface area contributed by atoms with E-state index in [4.69, 9.17) is 12.2 Å². The number of hydrogen-bond donors (Lipinski definition) is 3. The number of carbonyl (C=O) groups is 3. The number of hydrogen-bond acceptors (Lipinski definition) is 14. The largest absolute Gasteiger partial charge is 0.480 e. The number of amides is 1. The van der Waals surface area contributed by atoms with Crippen LogP contribution in [0.5, 0.6) is 0 Å². The number of aliphatic carboxylic acids is 2. The minimum Gasteiger partial charge on any atom is -0.480 e. The van der Waals surface area contributed by atoms with Crippen LogP contribution in [-0.2, 0) is 25.8 Å². The number of nitrogens with zero attached hydrogens (tertiary/aromatic N) is 6. The number of thiazole rings is 2. The molecule has 3 aromatic carbocycles. The van der Waals surface area contributed by atoms with E-state index in [1.807, 2.05) is 62.3 Å². The van der Waals surface area contributed by atoms with Gasteiger partial charge in [-0.3, -0.25) is 33.4 Å². The topological polar surface area (TPSA) is 178 Å². The van der Waals surface area contributed by atoms with Gasteiger partial charge in [-0.15, -0.1) is 22.7 Å². The summed E-state index contributed by atoms with van der Waals surface area (Å²) < 4.78 is 1.38. The summed E-state index contributed by atoms with van der Waals surface area (Å²) in [6.45, 7) is 1.99.